The van der Waals surface area contributed by atoms with Crippen molar-refractivity contribution in [2.75, 3.05) is 6.26 Å². The number of rotatable bonds is 4. The molecule has 0 aliphatic carbocycles. The highest BCUT2D eigenvalue weighted by molar-refractivity contribution is 14.1. The van der Waals surface area contributed by atoms with Crippen LogP contribution in [0, 0.1) is 9.77 Å². The molecule has 0 aliphatic heterocycles. The fraction of sp³-hybridized carbons (Fsp3) is 0.0714. The topological polar surface area (TPSA) is 95.3 Å². The van der Waals surface area contributed by atoms with E-state index in [1.54, 1.807) is 12.1 Å². The Morgan fingerprint density at radius 2 is 1.88 bits per heavy atom. The van der Waals surface area contributed by atoms with Crippen LogP contribution in [0.5, 0.6) is 5.75 Å². The van der Waals surface area contributed by atoms with Gasteiger partial charge in [0.15, 0.2) is 15.6 Å². The number of fused-ring (bicyclic) bond motifs is 1. The largest absolute Gasteiger partial charge is 0.429 e. The van der Waals surface area contributed by atoms with Crippen LogP contribution >= 0.6 is 22.6 Å². The first-order valence-corrected chi connectivity index (χ1v) is 10.8. The molecule has 24 heavy (non-hydrogen) atoms. The molecule has 0 aliphatic rings. The van der Waals surface area contributed by atoms with E-state index in [0.29, 0.717) is 14.6 Å². The van der Waals surface area contributed by atoms with Crippen molar-refractivity contribution < 1.29 is 21.0 Å². The van der Waals surface area contributed by atoms with Crippen LogP contribution in [0.15, 0.2) is 47.4 Å². The van der Waals surface area contributed by atoms with Crippen LogP contribution in [0.4, 0.5) is 0 Å². The predicted molar refractivity (Wildman–Crippen MR) is 95.8 cm³/mol. The minimum Gasteiger partial charge on any atom is -0.364 e. The molecule has 2 aromatic carbocycles. The quantitative estimate of drug-likeness (QED) is 0.534. The van der Waals surface area contributed by atoms with Gasteiger partial charge in [0, 0.05) is 11.6 Å². The molecule has 0 spiro atoms. The maximum absolute atomic E-state index is 12.6. The first-order chi connectivity index (χ1) is 11.2. The van der Waals surface area contributed by atoms with Gasteiger partial charge < -0.3 is 4.18 Å². The first kappa shape index (κ1) is 17.2. The molecule has 1 radical (unpaired) electrons. The predicted octanol–water partition coefficient (Wildman–Crippen LogP) is 2.02. The number of para-hydroxylation sites is 1. The third-order valence-electron chi connectivity index (χ3n) is 3.10. The van der Waals surface area contributed by atoms with Gasteiger partial charge in [0.1, 0.15) is 8.60 Å². The molecule has 3 rings (SSSR count). The van der Waals surface area contributed by atoms with Gasteiger partial charge in [0.2, 0.25) is 0 Å². The average molecular weight is 477 g/mol. The van der Waals surface area contributed by atoms with Gasteiger partial charge in [-0.05, 0) is 52.9 Å². The number of hydrogen-bond acceptors (Lipinski definition) is 6. The molecule has 1 aromatic heterocycles. The van der Waals surface area contributed by atoms with Gasteiger partial charge in [-0.1, -0.05) is 18.2 Å². The van der Waals surface area contributed by atoms with Gasteiger partial charge in [0.25, 0.3) is 0 Å². The fourth-order valence-corrected chi connectivity index (χ4v) is 4.76. The van der Waals surface area contributed by atoms with E-state index < -0.39 is 20.1 Å². The second-order valence-electron chi connectivity index (χ2n) is 4.84. The lowest BCUT2D eigenvalue weighted by molar-refractivity contribution is 0.464. The van der Waals surface area contributed by atoms with E-state index >= 15 is 0 Å². The standard InChI is InChI=1S/C14H10IN2O5S2/c1-23(18,19)13-9-5-4-8-12(13)22-24(20,21)17-11-7-3-2-6-10(11)14(15)16-17/h3-9H,1H3. The molecule has 10 heteroatoms. The van der Waals surface area contributed by atoms with E-state index in [1.165, 1.54) is 30.3 Å². The Balaban J connectivity index is 2.14. The minimum absolute atomic E-state index is 0.215. The Morgan fingerprint density at radius 1 is 1.17 bits per heavy atom. The zero-order valence-electron chi connectivity index (χ0n) is 12.2. The monoisotopic (exact) mass is 477 g/mol. The van der Waals surface area contributed by atoms with Crippen molar-refractivity contribution in [3.8, 4) is 5.75 Å². The molecular weight excluding hydrogens is 467 g/mol. The summed E-state index contributed by atoms with van der Waals surface area (Å²) < 4.78 is 55.0. The van der Waals surface area contributed by atoms with Crippen LogP contribution < -0.4 is 4.18 Å². The summed E-state index contributed by atoms with van der Waals surface area (Å²) in [6.45, 7) is 0. The molecule has 0 unspecified atom stereocenters. The van der Waals surface area contributed by atoms with Gasteiger partial charge in [0.05, 0.1) is 5.52 Å². The van der Waals surface area contributed by atoms with Gasteiger partial charge >= 0.3 is 10.3 Å². The van der Waals surface area contributed by atoms with Gasteiger partial charge in [-0.2, -0.15) is 8.42 Å². The van der Waals surface area contributed by atoms with Crippen LogP contribution in [-0.4, -0.2) is 32.3 Å². The molecule has 3 aromatic rings. The maximum atomic E-state index is 12.6. The highest BCUT2D eigenvalue weighted by atomic mass is 127. The molecule has 0 N–H and O–H groups in total. The molecule has 0 atom stereocenters. The normalized spacial score (nSPS) is 12.4. The second-order valence-corrected chi connectivity index (χ2v) is 9.21. The molecule has 0 fully saturated rings. The van der Waals surface area contributed by atoms with Gasteiger partial charge in [-0.15, -0.1) is 9.19 Å². The van der Waals surface area contributed by atoms with Crippen LogP contribution in [0.1, 0.15) is 0 Å². The molecule has 7 nitrogen and oxygen atoms in total. The number of halogens is 1. The Labute approximate surface area is 152 Å². The second kappa shape index (κ2) is 6.01. The van der Waals surface area contributed by atoms with Crippen molar-refractivity contribution in [1.29, 1.82) is 0 Å². The zero-order chi connectivity index (χ0) is 17.5. The van der Waals surface area contributed by atoms with Crippen molar-refractivity contribution >= 4 is 53.6 Å². The molecule has 0 bridgehead atoms. The van der Waals surface area contributed by atoms with Gasteiger partial charge in [-0.3, -0.25) is 0 Å². The number of benzene rings is 2. The number of aromatic nitrogens is 2. The third kappa shape index (κ3) is 3.13. The molecule has 125 valence electrons. The highest BCUT2D eigenvalue weighted by Gasteiger charge is 2.25. The summed E-state index contributed by atoms with van der Waals surface area (Å²) in [6.07, 6.45) is 0.976. The lowest BCUT2D eigenvalue weighted by Gasteiger charge is -2.10. The van der Waals surface area contributed by atoms with Crippen molar-refractivity contribution in [2.45, 2.75) is 4.90 Å². The van der Waals surface area contributed by atoms with E-state index in [1.807, 2.05) is 22.6 Å². The molecule has 1 heterocycles. The van der Waals surface area contributed by atoms with E-state index in [2.05, 4.69) is 11.2 Å². The lowest BCUT2D eigenvalue weighted by atomic mass is 10.3. The summed E-state index contributed by atoms with van der Waals surface area (Å²) in [6, 6.07) is 13.1. The Morgan fingerprint density at radius 3 is 2.58 bits per heavy atom. The minimum atomic E-state index is -4.38. The van der Waals surface area contributed by atoms with Crippen LogP contribution in [0.2, 0.25) is 0 Å². The summed E-state index contributed by atoms with van der Waals surface area (Å²) in [4.78, 5) is -0.215. The maximum Gasteiger partial charge on any atom is 0.429 e. The van der Waals surface area contributed by atoms with Crippen LogP contribution in [0.3, 0.4) is 0 Å². The Kier molecular flexibility index (Phi) is 4.30. The molecule has 0 saturated heterocycles. The van der Waals surface area contributed by atoms with Crippen molar-refractivity contribution in [3.63, 3.8) is 0 Å². The Hall–Kier alpha value is -1.66. The Bertz CT molecular complexity index is 1140. The number of sulfone groups is 1. The van der Waals surface area contributed by atoms with Crippen molar-refractivity contribution in [3.05, 3.63) is 52.2 Å². The van der Waals surface area contributed by atoms with E-state index in [4.69, 9.17) is 4.18 Å². The van der Waals surface area contributed by atoms with E-state index in [9.17, 15) is 16.8 Å². The molecular formula is C14H10IN2O5S2. The van der Waals surface area contributed by atoms with Crippen molar-refractivity contribution in [2.24, 2.45) is 0 Å². The van der Waals surface area contributed by atoms with Gasteiger partial charge in [-0.25, -0.2) is 8.42 Å². The van der Waals surface area contributed by atoms with Crippen LogP contribution in [0.25, 0.3) is 10.9 Å². The third-order valence-corrected chi connectivity index (χ3v) is 6.13. The smallest absolute Gasteiger partial charge is 0.364 e. The number of nitrogens with zero attached hydrogens (tertiary/aromatic N) is 2. The average Bonchev–Trinajstić information content (AvgIpc) is 2.85. The number of hydrogen-bond donors (Lipinski definition) is 0. The molecule has 0 saturated carbocycles. The van der Waals surface area contributed by atoms with Crippen molar-refractivity contribution in [1.82, 2.24) is 9.19 Å². The van der Waals surface area contributed by atoms with E-state index in [-0.39, 0.29) is 10.6 Å². The lowest BCUT2D eigenvalue weighted by Crippen LogP contribution is -2.21. The summed E-state index contributed by atoms with van der Waals surface area (Å²) in [7, 11) is -8.03. The highest BCUT2D eigenvalue weighted by Crippen LogP contribution is 2.27. The summed E-state index contributed by atoms with van der Waals surface area (Å²) in [5, 5.41) is 4.57. The molecule has 0 amide bonds. The van der Waals surface area contributed by atoms with Crippen LogP contribution in [-0.2, 0) is 20.1 Å². The summed E-state index contributed by atoms with van der Waals surface area (Å²) >= 11 is 1.90. The zero-order valence-corrected chi connectivity index (χ0v) is 16.0. The SMILES string of the molecule is CS(=O)(=O)c1ccccc1OS(=O)(=O)n1nc(I)c2c[c]ccc21. The first-order valence-electron chi connectivity index (χ1n) is 6.48. The summed E-state index contributed by atoms with van der Waals surface area (Å²) in [5.41, 5.74) is 0.315. The van der Waals surface area contributed by atoms with E-state index in [0.717, 1.165) is 10.3 Å². The summed E-state index contributed by atoms with van der Waals surface area (Å²) in [5.74, 6) is -0.277. The fourth-order valence-electron chi connectivity index (χ4n) is 2.09.